The monoisotopic (exact) mass is 392 g/mol. The zero-order chi connectivity index (χ0) is 20.4. The van der Waals surface area contributed by atoms with E-state index in [-0.39, 0.29) is 18.2 Å². The van der Waals surface area contributed by atoms with E-state index in [0.29, 0.717) is 36.4 Å². The van der Waals surface area contributed by atoms with Crippen LogP contribution in [0.1, 0.15) is 29.9 Å². The van der Waals surface area contributed by atoms with Gasteiger partial charge in [-0.2, -0.15) is 5.26 Å². The molecule has 1 unspecified atom stereocenters. The molecular formula is C22H21FN4O2. The molecule has 1 fully saturated rings. The lowest BCUT2D eigenvalue weighted by Crippen LogP contribution is -2.40. The molecule has 1 N–H and O–H groups in total. The summed E-state index contributed by atoms with van der Waals surface area (Å²) in [4.78, 5) is 29.2. The lowest BCUT2D eigenvalue weighted by molar-refractivity contribution is -0.134. The number of fused-ring (bicyclic) bond motifs is 1. The number of anilines is 2. The summed E-state index contributed by atoms with van der Waals surface area (Å²) in [6.45, 7) is 2.45. The molecule has 0 bridgehead atoms. The molecular weight excluding hydrogens is 371 g/mol. The topological polar surface area (TPSA) is 76.4 Å². The highest BCUT2D eigenvalue weighted by molar-refractivity contribution is 6.01. The minimum atomic E-state index is -0.600. The first-order valence-corrected chi connectivity index (χ1v) is 9.69. The Kier molecular flexibility index (Phi) is 5.17. The highest BCUT2D eigenvalue weighted by atomic mass is 19.1. The number of rotatable bonds is 2. The van der Waals surface area contributed by atoms with Gasteiger partial charge in [0.1, 0.15) is 11.9 Å². The van der Waals surface area contributed by atoms with Crippen molar-refractivity contribution in [2.75, 3.05) is 36.4 Å². The summed E-state index contributed by atoms with van der Waals surface area (Å²) in [7, 11) is 0. The molecule has 0 aliphatic carbocycles. The molecule has 1 saturated heterocycles. The molecule has 0 saturated carbocycles. The van der Waals surface area contributed by atoms with E-state index >= 15 is 0 Å². The number of hydrogen-bond donors (Lipinski definition) is 1. The highest BCUT2D eigenvalue weighted by Gasteiger charge is 2.34. The van der Waals surface area contributed by atoms with Crippen LogP contribution in [0.4, 0.5) is 15.8 Å². The van der Waals surface area contributed by atoms with Gasteiger partial charge in [-0.25, -0.2) is 4.39 Å². The second kappa shape index (κ2) is 7.92. The maximum Gasteiger partial charge on any atom is 0.230 e. The minimum absolute atomic E-state index is 0.0644. The Labute approximate surface area is 168 Å². The normalized spacial score (nSPS) is 19.0. The van der Waals surface area contributed by atoms with Crippen LogP contribution in [-0.4, -0.2) is 42.9 Å². The van der Waals surface area contributed by atoms with Crippen molar-refractivity contribution in [2.45, 2.75) is 18.8 Å². The molecule has 2 heterocycles. The lowest BCUT2D eigenvalue weighted by Gasteiger charge is -2.30. The molecule has 2 aromatic carbocycles. The predicted molar refractivity (Wildman–Crippen MR) is 107 cm³/mol. The third kappa shape index (κ3) is 3.79. The van der Waals surface area contributed by atoms with Crippen LogP contribution in [-0.2, 0) is 9.59 Å². The average Bonchev–Trinajstić information content (AvgIpc) is 2.98. The number of amides is 2. The standard InChI is InChI=1S/C22H21FN4O2/c23-16-6-7-17-18(13-21(28)25-19(17)12-16)22(29)27-9-3-8-26(10-11-27)20-5-2-1-4-15(20)14-24/h1-2,4-7,12,18H,3,8-11,13H2,(H,25,28). The summed E-state index contributed by atoms with van der Waals surface area (Å²) >= 11 is 0. The first-order chi connectivity index (χ1) is 14.1. The number of carbonyl (C=O) groups is 2. The Balaban J connectivity index is 1.52. The van der Waals surface area contributed by atoms with E-state index in [2.05, 4.69) is 16.3 Å². The fraction of sp³-hybridized carbons (Fsp3) is 0.318. The van der Waals surface area contributed by atoms with Gasteiger partial charge in [0.2, 0.25) is 11.8 Å². The van der Waals surface area contributed by atoms with E-state index in [4.69, 9.17) is 0 Å². The van der Waals surface area contributed by atoms with Gasteiger partial charge in [-0.05, 0) is 36.2 Å². The van der Waals surface area contributed by atoms with Crippen LogP contribution in [0.5, 0.6) is 0 Å². The Morgan fingerprint density at radius 1 is 1.14 bits per heavy atom. The van der Waals surface area contributed by atoms with Crippen LogP contribution in [0.3, 0.4) is 0 Å². The van der Waals surface area contributed by atoms with Crippen LogP contribution in [0.2, 0.25) is 0 Å². The van der Waals surface area contributed by atoms with E-state index in [1.165, 1.54) is 12.1 Å². The summed E-state index contributed by atoms with van der Waals surface area (Å²) in [5.74, 6) is -1.43. The van der Waals surface area contributed by atoms with Gasteiger partial charge in [0.25, 0.3) is 0 Å². The van der Waals surface area contributed by atoms with E-state index in [9.17, 15) is 19.2 Å². The Bertz CT molecular complexity index is 1000. The molecule has 0 radical (unpaired) electrons. The number of carbonyl (C=O) groups excluding carboxylic acids is 2. The van der Waals surface area contributed by atoms with Crippen molar-refractivity contribution in [1.82, 2.24) is 4.90 Å². The van der Waals surface area contributed by atoms with Gasteiger partial charge in [-0.15, -0.1) is 0 Å². The molecule has 0 aromatic heterocycles. The second-order valence-electron chi connectivity index (χ2n) is 7.33. The number of nitrogens with zero attached hydrogens (tertiary/aromatic N) is 3. The maximum atomic E-state index is 13.5. The maximum absolute atomic E-state index is 13.5. The van der Waals surface area contributed by atoms with E-state index in [1.54, 1.807) is 17.0 Å². The molecule has 2 aromatic rings. The van der Waals surface area contributed by atoms with Gasteiger partial charge >= 0.3 is 0 Å². The summed E-state index contributed by atoms with van der Waals surface area (Å²) < 4.78 is 13.5. The van der Waals surface area contributed by atoms with Gasteiger partial charge in [0, 0.05) is 38.3 Å². The predicted octanol–water partition coefficient (Wildman–Crippen LogP) is 2.86. The molecule has 2 aliphatic rings. The van der Waals surface area contributed by atoms with Gasteiger partial charge in [-0.3, -0.25) is 9.59 Å². The number of para-hydroxylation sites is 1. The van der Waals surface area contributed by atoms with Crippen molar-refractivity contribution < 1.29 is 14.0 Å². The van der Waals surface area contributed by atoms with Gasteiger partial charge in [0.05, 0.1) is 17.2 Å². The van der Waals surface area contributed by atoms with E-state index < -0.39 is 11.7 Å². The van der Waals surface area contributed by atoms with Crippen molar-refractivity contribution in [1.29, 1.82) is 5.26 Å². The summed E-state index contributed by atoms with van der Waals surface area (Å²) in [5, 5.41) is 12.0. The molecule has 7 heteroatoms. The van der Waals surface area contributed by atoms with Crippen LogP contribution in [0.25, 0.3) is 0 Å². The van der Waals surface area contributed by atoms with Crippen LogP contribution in [0, 0.1) is 17.1 Å². The molecule has 6 nitrogen and oxygen atoms in total. The van der Waals surface area contributed by atoms with Crippen LogP contribution >= 0.6 is 0 Å². The molecule has 2 aliphatic heterocycles. The van der Waals surface area contributed by atoms with E-state index in [1.807, 2.05) is 18.2 Å². The summed E-state index contributed by atoms with van der Waals surface area (Å²) in [6.07, 6.45) is 0.829. The minimum Gasteiger partial charge on any atom is -0.369 e. The number of nitriles is 1. The lowest BCUT2D eigenvalue weighted by atomic mass is 9.89. The number of benzene rings is 2. The quantitative estimate of drug-likeness (QED) is 0.853. The first kappa shape index (κ1) is 18.9. The van der Waals surface area contributed by atoms with Crippen molar-refractivity contribution in [3.63, 3.8) is 0 Å². The molecule has 0 spiro atoms. The van der Waals surface area contributed by atoms with Crippen molar-refractivity contribution in [3.8, 4) is 6.07 Å². The smallest absolute Gasteiger partial charge is 0.230 e. The van der Waals surface area contributed by atoms with Crippen molar-refractivity contribution in [3.05, 3.63) is 59.4 Å². The Hall–Kier alpha value is -3.40. The fourth-order valence-electron chi connectivity index (χ4n) is 4.10. The van der Waals surface area contributed by atoms with Gasteiger partial charge in [-0.1, -0.05) is 18.2 Å². The van der Waals surface area contributed by atoms with Gasteiger partial charge in [0.15, 0.2) is 0 Å². The van der Waals surface area contributed by atoms with Crippen LogP contribution < -0.4 is 10.2 Å². The third-order valence-corrected chi connectivity index (χ3v) is 5.53. The molecule has 29 heavy (non-hydrogen) atoms. The molecule has 148 valence electrons. The van der Waals surface area contributed by atoms with Crippen molar-refractivity contribution >= 4 is 23.2 Å². The zero-order valence-corrected chi connectivity index (χ0v) is 15.9. The van der Waals surface area contributed by atoms with Crippen molar-refractivity contribution in [2.24, 2.45) is 0 Å². The number of halogens is 1. The largest absolute Gasteiger partial charge is 0.369 e. The highest BCUT2D eigenvalue weighted by Crippen LogP contribution is 2.34. The third-order valence-electron chi connectivity index (χ3n) is 5.53. The second-order valence-corrected chi connectivity index (χ2v) is 7.33. The molecule has 1 atom stereocenters. The SMILES string of the molecule is N#Cc1ccccc1N1CCCN(C(=O)C2CC(=O)Nc3cc(F)ccc32)CC1. The number of nitrogens with one attached hydrogen (secondary N) is 1. The fourth-order valence-corrected chi connectivity index (χ4v) is 4.10. The summed E-state index contributed by atoms with van der Waals surface area (Å²) in [6, 6.07) is 13.8. The first-order valence-electron chi connectivity index (χ1n) is 9.69. The zero-order valence-electron chi connectivity index (χ0n) is 15.9. The summed E-state index contributed by atoms with van der Waals surface area (Å²) in [5.41, 5.74) is 2.53. The Morgan fingerprint density at radius 3 is 2.79 bits per heavy atom. The van der Waals surface area contributed by atoms with E-state index in [0.717, 1.165) is 18.7 Å². The van der Waals surface area contributed by atoms with Crippen LogP contribution in [0.15, 0.2) is 42.5 Å². The number of hydrogen-bond acceptors (Lipinski definition) is 4. The molecule has 4 rings (SSSR count). The van der Waals surface area contributed by atoms with Gasteiger partial charge < -0.3 is 15.1 Å². The molecule has 2 amide bonds. The Morgan fingerprint density at radius 2 is 1.97 bits per heavy atom. The average molecular weight is 392 g/mol.